The van der Waals surface area contributed by atoms with Crippen molar-refractivity contribution in [3.63, 3.8) is 0 Å². The van der Waals surface area contributed by atoms with Crippen LogP contribution in [0.4, 0.5) is 0 Å². The summed E-state index contributed by atoms with van der Waals surface area (Å²) in [4.78, 5) is 52.7. The van der Waals surface area contributed by atoms with Crippen LogP contribution in [0.15, 0.2) is 12.1 Å². The second-order valence-electron chi connectivity index (χ2n) is 13.7. The average molecular weight is 789 g/mol. The maximum Gasteiger partial charge on any atom is 0.423 e. The maximum atomic E-state index is 13.3. The van der Waals surface area contributed by atoms with E-state index in [9.17, 15) is 19.2 Å². The van der Waals surface area contributed by atoms with Gasteiger partial charge in [-0.15, -0.1) is 0 Å². The van der Waals surface area contributed by atoms with E-state index in [1.165, 1.54) is 0 Å². The van der Waals surface area contributed by atoms with E-state index in [-0.39, 0.29) is 67.0 Å². The van der Waals surface area contributed by atoms with E-state index in [1.807, 2.05) is 69.2 Å². The molecule has 2 aromatic rings. The van der Waals surface area contributed by atoms with Crippen molar-refractivity contribution in [2.24, 2.45) is 34.5 Å². The van der Waals surface area contributed by atoms with Gasteiger partial charge in [-0.2, -0.15) is 0 Å². The van der Waals surface area contributed by atoms with E-state index in [0.717, 1.165) is 12.1 Å². The first kappa shape index (κ1) is 42.2. The Balaban J connectivity index is 2.41. The molecular formula is C34H40Cl6O8. The van der Waals surface area contributed by atoms with Gasteiger partial charge in [0.1, 0.15) is 11.1 Å². The summed E-state index contributed by atoms with van der Waals surface area (Å²) < 4.78 is 21.5. The first-order valence-electron chi connectivity index (χ1n) is 15.1. The molecule has 2 rings (SSSR count). The number of benzene rings is 2. The fourth-order valence-electron chi connectivity index (χ4n) is 4.71. The topological polar surface area (TPSA) is 105 Å². The van der Waals surface area contributed by atoms with Gasteiger partial charge in [0.2, 0.25) is 0 Å². The molecule has 0 fully saturated rings. The van der Waals surface area contributed by atoms with Gasteiger partial charge in [-0.05, 0) is 35.8 Å². The van der Waals surface area contributed by atoms with Crippen molar-refractivity contribution in [1.29, 1.82) is 0 Å². The Morgan fingerprint density at radius 2 is 0.854 bits per heavy atom. The van der Waals surface area contributed by atoms with Crippen LogP contribution in [0.1, 0.15) is 90.0 Å². The molecular weight excluding hydrogens is 749 g/mol. The fraction of sp³-hybridized carbons (Fsp3) is 0.529. The zero-order chi connectivity index (χ0) is 37.0. The van der Waals surface area contributed by atoms with Gasteiger partial charge >= 0.3 is 23.9 Å². The van der Waals surface area contributed by atoms with E-state index < -0.39 is 57.3 Å². The molecule has 0 aliphatic rings. The van der Waals surface area contributed by atoms with Crippen molar-refractivity contribution in [1.82, 2.24) is 0 Å². The standard InChI is InChI=1S/C34H40Cl6O8/c1-15(2)17(5)33(7,8)13-45-29(41)23-25(39)19(35)11-21(37)27(23)47-31(43)32(44)48-28-22(38)12-20(36)26(40)24(28)30(42)46-14-34(9,10)18(6)16(3)4/h11-12,15-18H,13-14H2,1-10H3. The minimum Gasteiger partial charge on any atom is -0.461 e. The van der Waals surface area contributed by atoms with Gasteiger partial charge in [0, 0.05) is 10.8 Å². The minimum absolute atomic E-state index is 0.0245. The van der Waals surface area contributed by atoms with Gasteiger partial charge in [-0.25, -0.2) is 19.2 Å². The highest BCUT2D eigenvalue weighted by Crippen LogP contribution is 2.43. The third-order valence-corrected chi connectivity index (χ3v) is 11.0. The number of carbonyl (C=O) groups is 4. The van der Waals surface area contributed by atoms with Crippen LogP contribution in [0.2, 0.25) is 30.1 Å². The summed E-state index contributed by atoms with van der Waals surface area (Å²) in [6.45, 7) is 19.9. The van der Waals surface area contributed by atoms with Crippen LogP contribution in [0.3, 0.4) is 0 Å². The second-order valence-corrected chi connectivity index (χ2v) is 16.1. The Bertz CT molecular complexity index is 1450. The largest absolute Gasteiger partial charge is 0.461 e. The van der Waals surface area contributed by atoms with Crippen molar-refractivity contribution in [3.8, 4) is 11.5 Å². The smallest absolute Gasteiger partial charge is 0.423 e. The molecule has 0 aliphatic heterocycles. The zero-order valence-electron chi connectivity index (χ0n) is 28.4. The van der Waals surface area contributed by atoms with Crippen molar-refractivity contribution >= 4 is 93.5 Å². The molecule has 0 aliphatic carbocycles. The zero-order valence-corrected chi connectivity index (χ0v) is 32.9. The molecule has 48 heavy (non-hydrogen) atoms. The normalized spacial score (nSPS) is 13.3. The summed E-state index contributed by atoms with van der Waals surface area (Å²) in [7, 11) is 0. The predicted octanol–water partition coefficient (Wildman–Crippen LogP) is 11.1. The molecule has 0 radical (unpaired) electrons. The summed E-state index contributed by atoms with van der Waals surface area (Å²) in [5.74, 6) is -5.65. The number of hydrogen-bond donors (Lipinski definition) is 0. The summed E-state index contributed by atoms with van der Waals surface area (Å²) in [6, 6.07) is 2.24. The second kappa shape index (κ2) is 16.8. The minimum atomic E-state index is -1.66. The monoisotopic (exact) mass is 786 g/mol. The number of rotatable bonds is 12. The molecule has 266 valence electrons. The Morgan fingerprint density at radius 1 is 0.562 bits per heavy atom. The molecule has 0 aromatic heterocycles. The number of halogens is 6. The molecule has 0 spiro atoms. The molecule has 0 saturated heterocycles. The maximum absolute atomic E-state index is 13.3. The van der Waals surface area contributed by atoms with Crippen LogP contribution in [0.5, 0.6) is 11.5 Å². The van der Waals surface area contributed by atoms with Crippen LogP contribution in [0.25, 0.3) is 0 Å². The molecule has 2 atom stereocenters. The van der Waals surface area contributed by atoms with E-state index in [0.29, 0.717) is 0 Å². The molecule has 14 heteroatoms. The Labute approximate surface area is 311 Å². The molecule has 2 unspecified atom stereocenters. The highest BCUT2D eigenvalue weighted by Gasteiger charge is 2.35. The van der Waals surface area contributed by atoms with Gasteiger partial charge in [0.05, 0.1) is 43.3 Å². The lowest BCUT2D eigenvalue weighted by Crippen LogP contribution is -2.32. The average Bonchev–Trinajstić information content (AvgIpc) is 2.99. The number of carbonyl (C=O) groups excluding carboxylic acids is 4. The van der Waals surface area contributed by atoms with Crippen molar-refractivity contribution in [3.05, 3.63) is 53.4 Å². The van der Waals surface area contributed by atoms with Crippen molar-refractivity contribution in [2.45, 2.75) is 69.2 Å². The van der Waals surface area contributed by atoms with Crippen LogP contribution in [-0.4, -0.2) is 37.1 Å². The lowest BCUT2D eigenvalue weighted by Gasteiger charge is -2.34. The Morgan fingerprint density at radius 3 is 1.12 bits per heavy atom. The summed E-state index contributed by atoms with van der Waals surface area (Å²) in [5.41, 5.74) is -1.86. The molecule has 2 aromatic carbocycles. The highest BCUT2D eigenvalue weighted by atomic mass is 35.5. The van der Waals surface area contributed by atoms with Gasteiger partial charge in [0.15, 0.2) is 11.5 Å². The SMILES string of the molecule is CC(C)C(C)C(C)(C)COC(=O)c1c(Cl)c(Cl)cc(Cl)c1OC(=O)C(=O)Oc1c(Cl)cc(Cl)c(Cl)c1C(=O)OCC(C)(C)C(C)C(C)C. The third kappa shape index (κ3) is 10.1. The van der Waals surface area contributed by atoms with Crippen molar-refractivity contribution < 1.29 is 38.1 Å². The molecule has 0 bridgehead atoms. The van der Waals surface area contributed by atoms with Crippen molar-refractivity contribution in [2.75, 3.05) is 13.2 Å². The van der Waals surface area contributed by atoms with Gasteiger partial charge in [0.25, 0.3) is 0 Å². The van der Waals surface area contributed by atoms with Gasteiger partial charge in [-0.1, -0.05) is 139 Å². The van der Waals surface area contributed by atoms with Crippen LogP contribution in [-0.2, 0) is 19.1 Å². The lowest BCUT2D eigenvalue weighted by atomic mass is 9.75. The number of ether oxygens (including phenoxy) is 4. The molecule has 8 nitrogen and oxygen atoms in total. The van der Waals surface area contributed by atoms with Crippen LogP contribution >= 0.6 is 69.6 Å². The van der Waals surface area contributed by atoms with E-state index >= 15 is 0 Å². The quantitative estimate of drug-likeness (QED) is 0.0906. The van der Waals surface area contributed by atoms with Crippen LogP contribution in [0, 0.1) is 34.5 Å². The summed E-state index contributed by atoms with van der Waals surface area (Å²) >= 11 is 37.6. The summed E-state index contributed by atoms with van der Waals surface area (Å²) in [5, 5.41) is -1.59. The molecule has 0 amide bonds. The van der Waals surface area contributed by atoms with E-state index in [1.54, 1.807) is 0 Å². The Kier molecular flexibility index (Phi) is 14.8. The third-order valence-electron chi connectivity index (χ3n) is 8.83. The van der Waals surface area contributed by atoms with E-state index in [4.69, 9.17) is 88.6 Å². The molecule has 0 N–H and O–H groups in total. The predicted molar refractivity (Wildman–Crippen MR) is 190 cm³/mol. The first-order valence-corrected chi connectivity index (χ1v) is 17.3. The van der Waals surface area contributed by atoms with Gasteiger partial charge < -0.3 is 18.9 Å². The Hall–Kier alpha value is -1.94. The fourth-order valence-corrected chi connectivity index (χ4v) is 6.14. The van der Waals surface area contributed by atoms with E-state index in [2.05, 4.69) is 0 Å². The first-order chi connectivity index (χ1) is 21.9. The van der Waals surface area contributed by atoms with Gasteiger partial charge in [-0.3, -0.25) is 0 Å². The highest BCUT2D eigenvalue weighted by molar-refractivity contribution is 6.47. The molecule has 0 heterocycles. The number of hydrogen-bond acceptors (Lipinski definition) is 8. The molecule has 0 saturated carbocycles. The van der Waals surface area contributed by atoms with Crippen LogP contribution < -0.4 is 9.47 Å². The summed E-state index contributed by atoms with van der Waals surface area (Å²) in [6.07, 6.45) is 0. The lowest BCUT2D eigenvalue weighted by molar-refractivity contribution is -0.156. The number of esters is 4.